The number of aromatic nitrogens is 2. The lowest BCUT2D eigenvalue weighted by atomic mass is 10.0. The highest BCUT2D eigenvalue weighted by Crippen LogP contribution is 2.23. The molecule has 2 rings (SSSR count). The molecule has 1 atom stereocenters. The van der Waals surface area contributed by atoms with E-state index in [1.807, 2.05) is 13.8 Å². The van der Waals surface area contributed by atoms with Crippen LogP contribution in [0.15, 0.2) is 12.3 Å². The summed E-state index contributed by atoms with van der Waals surface area (Å²) in [5.74, 6) is -0.0121. The largest absolute Gasteiger partial charge is 0.330 e. The van der Waals surface area contributed by atoms with Gasteiger partial charge in [0.05, 0.1) is 0 Å². The number of hydrogen-bond acceptors (Lipinski definition) is 4. The molecule has 0 aliphatic carbocycles. The quantitative estimate of drug-likeness (QED) is 0.636. The van der Waals surface area contributed by atoms with Gasteiger partial charge in [0.2, 0.25) is 5.28 Å². The summed E-state index contributed by atoms with van der Waals surface area (Å²) in [5.41, 5.74) is 0. The predicted molar refractivity (Wildman–Crippen MR) is 61.7 cm³/mol. The molecular weight excluding hydrogens is 244 g/mol. The van der Waals surface area contributed by atoms with E-state index in [-0.39, 0.29) is 17.1 Å². The topological polar surface area (TPSA) is 75.2 Å². The molecule has 1 fully saturated rings. The molecule has 0 bridgehead atoms. The third-order valence-corrected chi connectivity index (χ3v) is 2.67. The molecule has 0 aromatic carbocycles. The maximum atomic E-state index is 11.7. The monoisotopic (exact) mass is 254 g/mol. The fraction of sp³-hybridized carbons (Fsp3) is 0.400. The Hall–Kier alpha value is -1.69. The maximum Gasteiger partial charge on any atom is 0.330 e. The first-order valence-corrected chi connectivity index (χ1v) is 5.51. The van der Waals surface area contributed by atoms with Gasteiger partial charge >= 0.3 is 6.03 Å². The Labute approximate surface area is 103 Å². The summed E-state index contributed by atoms with van der Waals surface area (Å²) in [4.78, 5) is 32.3. The zero-order chi connectivity index (χ0) is 12.6. The number of carbonyl (C=O) groups excluding carboxylic acids is 2. The van der Waals surface area contributed by atoms with Crippen LogP contribution in [0.3, 0.4) is 0 Å². The van der Waals surface area contributed by atoms with Crippen molar-refractivity contribution in [2.75, 3.05) is 4.90 Å². The van der Waals surface area contributed by atoms with E-state index in [0.29, 0.717) is 5.82 Å². The normalized spacial score (nSPS) is 20.0. The van der Waals surface area contributed by atoms with E-state index in [9.17, 15) is 9.59 Å². The first kappa shape index (κ1) is 11.8. The molecule has 0 unspecified atom stereocenters. The number of nitrogens with one attached hydrogen (secondary N) is 1. The van der Waals surface area contributed by atoms with Crippen LogP contribution in [0, 0.1) is 5.92 Å². The van der Waals surface area contributed by atoms with E-state index in [4.69, 9.17) is 11.6 Å². The van der Waals surface area contributed by atoms with Crippen LogP contribution in [0.4, 0.5) is 10.6 Å². The molecule has 1 N–H and O–H groups in total. The number of anilines is 1. The first-order chi connectivity index (χ1) is 8.00. The van der Waals surface area contributed by atoms with Gasteiger partial charge < -0.3 is 0 Å². The molecule has 0 spiro atoms. The Morgan fingerprint density at radius 3 is 2.76 bits per heavy atom. The van der Waals surface area contributed by atoms with Crippen molar-refractivity contribution in [2.24, 2.45) is 5.92 Å². The van der Waals surface area contributed by atoms with Gasteiger partial charge in [0.1, 0.15) is 11.9 Å². The van der Waals surface area contributed by atoms with Crippen LogP contribution >= 0.6 is 11.6 Å². The number of urea groups is 1. The molecule has 1 aliphatic rings. The van der Waals surface area contributed by atoms with Crippen molar-refractivity contribution in [2.45, 2.75) is 19.9 Å². The zero-order valence-corrected chi connectivity index (χ0v) is 10.1. The molecule has 3 amide bonds. The van der Waals surface area contributed by atoms with Gasteiger partial charge in [-0.25, -0.2) is 14.8 Å². The predicted octanol–water partition coefficient (Wildman–Crippen LogP) is 1.21. The Bertz CT molecular complexity index is 477. The minimum Gasteiger partial charge on any atom is -0.276 e. The van der Waals surface area contributed by atoms with Gasteiger partial charge in [-0.1, -0.05) is 13.8 Å². The average Bonchev–Trinajstić information content (AvgIpc) is 2.53. The van der Waals surface area contributed by atoms with E-state index in [1.165, 1.54) is 11.1 Å². The van der Waals surface area contributed by atoms with Gasteiger partial charge in [-0.3, -0.25) is 15.0 Å². The summed E-state index contributed by atoms with van der Waals surface area (Å²) in [5, 5.41) is 2.30. The van der Waals surface area contributed by atoms with Crippen molar-refractivity contribution in [3.8, 4) is 0 Å². The molecule has 17 heavy (non-hydrogen) atoms. The van der Waals surface area contributed by atoms with Crippen molar-refractivity contribution >= 4 is 29.4 Å². The van der Waals surface area contributed by atoms with Crippen molar-refractivity contribution in [3.63, 3.8) is 0 Å². The number of amides is 3. The van der Waals surface area contributed by atoms with Crippen molar-refractivity contribution < 1.29 is 9.59 Å². The second-order valence-electron chi connectivity index (χ2n) is 4.04. The molecule has 7 heteroatoms. The summed E-state index contributed by atoms with van der Waals surface area (Å²) in [7, 11) is 0. The Kier molecular flexibility index (Phi) is 2.97. The fourth-order valence-corrected chi connectivity index (χ4v) is 1.93. The molecular formula is C10H11ClN4O2. The third-order valence-electron chi connectivity index (χ3n) is 2.49. The maximum absolute atomic E-state index is 11.7. The third kappa shape index (κ3) is 2.08. The van der Waals surface area contributed by atoms with Gasteiger partial charge in [-0.15, -0.1) is 0 Å². The summed E-state index contributed by atoms with van der Waals surface area (Å²) >= 11 is 5.67. The number of halogens is 1. The lowest BCUT2D eigenvalue weighted by Crippen LogP contribution is -2.39. The molecule has 1 aliphatic heterocycles. The highest BCUT2D eigenvalue weighted by atomic mass is 35.5. The average molecular weight is 255 g/mol. The SMILES string of the molecule is CC(C)[C@H]1C(=O)NC(=O)N1c1ccnc(Cl)n1. The van der Waals surface area contributed by atoms with E-state index in [1.54, 1.807) is 6.07 Å². The van der Waals surface area contributed by atoms with E-state index in [0.717, 1.165) is 0 Å². The van der Waals surface area contributed by atoms with E-state index >= 15 is 0 Å². The number of imide groups is 1. The standard InChI is InChI=1S/C10H11ClN4O2/c1-5(2)7-8(16)14-10(17)15(7)6-3-4-12-9(11)13-6/h3-5,7H,1-2H3,(H,14,16,17)/t7-/m0/s1. The summed E-state index contributed by atoms with van der Waals surface area (Å²) in [6, 6.07) is 0.497. The van der Waals surface area contributed by atoms with E-state index < -0.39 is 12.1 Å². The van der Waals surface area contributed by atoms with Crippen molar-refractivity contribution in [3.05, 3.63) is 17.5 Å². The van der Waals surface area contributed by atoms with Gasteiger partial charge in [0.25, 0.3) is 5.91 Å². The van der Waals surface area contributed by atoms with Crippen LogP contribution in [0.25, 0.3) is 0 Å². The van der Waals surface area contributed by atoms with Gasteiger partial charge in [-0.05, 0) is 23.6 Å². The van der Waals surface area contributed by atoms with Crippen LogP contribution in [-0.2, 0) is 4.79 Å². The van der Waals surface area contributed by atoms with Crippen LogP contribution in [-0.4, -0.2) is 27.9 Å². The van der Waals surface area contributed by atoms with Gasteiger partial charge in [-0.2, -0.15) is 0 Å². The molecule has 1 aromatic heterocycles. The second kappa shape index (κ2) is 4.29. The Morgan fingerprint density at radius 2 is 2.18 bits per heavy atom. The van der Waals surface area contributed by atoms with Crippen molar-refractivity contribution in [1.29, 1.82) is 0 Å². The molecule has 2 heterocycles. The van der Waals surface area contributed by atoms with Crippen LogP contribution in [0.2, 0.25) is 5.28 Å². The lowest BCUT2D eigenvalue weighted by Gasteiger charge is -2.23. The van der Waals surface area contributed by atoms with Crippen LogP contribution in [0.5, 0.6) is 0 Å². The molecule has 0 saturated carbocycles. The number of hydrogen-bond donors (Lipinski definition) is 1. The van der Waals surface area contributed by atoms with Gasteiger partial charge in [0.15, 0.2) is 0 Å². The highest BCUT2D eigenvalue weighted by molar-refractivity contribution is 6.28. The number of rotatable bonds is 2. The summed E-state index contributed by atoms with van der Waals surface area (Å²) < 4.78 is 0. The lowest BCUT2D eigenvalue weighted by molar-refractivity contribution is -0.120. The molecule has 1 saturated heterocycles. The number of carbonyl (C=O) groups is 2. The van der Waals surface area contributed by atoms with Crippen molar-refractivity contribution in [1.82, 2.24) is 15.3 Å². The van der Waals surface area contributed by atoms with Gasteiger partial charge in [0, 0.05) is 6.20 Å². The van der Waals surface area contributed by atoms with Crippen LogP contribution < -0.4 is 10.2 Å². The fourth-order valence-electron chi connectivity index (χ4n) is 1.79. The highest BCUT2D eigenvalue weighted by Gasteiger charge is 2.41. The first-order valence-electron chi connectivity index (χ1n) is 5.13. The molecule has 1 aromatic rings. The summed E-state index contributed by atoms with van der Waals surface area (Å²) in [6.45, 7) is 3.72. The Balaban J connectivity index is 2.42. The molecule has 0 radical (unpaired) electrons. The van der Waals surface area contributed by atoms with Crippen LogP contribution in [0.1, 0.15) is 13.8 Å². The molecule has 6 nitrogen and oxygen atoms in total. The Morgan fingerprint density at radius 1 is 1.47 bits per heavy atom. The smallest absolute Gasteiger partial charge is 0.276 e. The molecule has 90 valence electrons. The summed E-state index contributed by atoms with van der Waals surface area (Å²) in [6.07, 6.45) is 1.44. The second-order valence-corrected chi connectivity index (χ2v) is 4.38. The minimum absolute atomic E-state index is 0.0183. The zero-order valence-electron chi connectivity index (χ0n) is 9.35. The van der Waals surface area contributed by atoms with E-state index in [2.05, 4.69) is 15.3 Å². The minimum atomic E-state index is -0.562. The number of nitrogens with zero attached hydrogens (tertiary/aromatic N) is 3.